The quantitative estimate of drug-likeness (QED) is 0.248. The molecule has 2 aliphatic heterocycles. The summed E-state index contributed by atoms with van der Waals surface area (Å²) >= 11 is 3.75. The van der Waals surface area contributed by atoms with Gasteiger partial charge in [0.25, 0.3) is 0 Å². The van der Waals surface area contributed by atoms with Crippen molar-refractivity contribution >= 4 is 56.1 Å². The largest absolute Gasteiger partial charge is 0.312 e. The summed E-state index contributed by atoms with van der Waals surface area (Å²) in [6.45, 7) is 11.6. The fourth-order valence-electron chi connectivity index (χ4n) is 6.18. The van der Waals surface area contributed by atoms with Gasteiger partial charge in [-0.2, -0.15) is 0 Å². The molecule has 4 aromatic rings. The molecule has 162 valence electrons. The number of rotatable bonds is 1. The van der Waals surface area contributed by atoms with Crippen LogP contribution in [0.25, 0.3) is 0 Å². The Kier molecular flexibility index (Phi) is 4.48. The van der Waals surface area contributed by atoms with Gasteiger partial charge in [-0.3, -0.25) is 0 Å². The molecular formula is C30H27BBrN. The molecule has 0 fully saturated rings. The number of hydrogen-bond acceptors (Lipinski definition) is 1. The number of hydrogen-bond donors (Lipinski definition) is 0. The van der Waals surface area contributed by atoms with Gasteiger partial charge in [-0.1, -0.05) is 82.8 Å². The number of aryl methyl sites for hydroxylation is 3. The van der Waals surface area contributed by atoms with Gasteiger partial charge in [-0.05, 0) is 84.8 Å². The minimum atomic E-state index is -0.0781. The second-order valence-electron chi connectivity index (χ2n) is 10.2. The molecule has 0 bridgehead atoms. The van der Waals surface area contributed by atoms with Crippen LogP contribution in [0.2, 0.25) is 0 Å². The zero-order valence-electron chi connectivity index (χ0n) is 19.8. The van der Waals surface area contributed by atoms with E-state index in [1.54, 1.807) is 0 Å². The third kappa shape index (κ3) is 2.91. The summed E-state index contributed by atoms with van der Waals surface area (Å²) in [7, 11) is 0. The number of fused-ring (bicyclic) bond motifs is 4. The molecular weight excluding hydrogens is 465 g/mol. The van der Waals surface area contributed by atoms with E-state index in [1.807, 2.05) is 0 Å². The first-order chi connectivity index (χ1) is 15.8. The Morgan fingerprint density at radius 2 is 1.42 bits per heavy atom. The van der Waals surface area contributed by atoms with Gasteiger partial charge < -0.3 is 4.90 Å². The second-order valence-corrected chi connectivity index (χ2v) is 11.1. The molecule has 6 rings (SSSR count). The molecule has 0 spiro atoms. The summed E-state index contributed by atoms with van der Waals surface area (Å²) < 4.78 is 1.15. The smallest absolute Gasteiger partial charge is 0.247 e. The van der Waals surface area contributed by atoms with Crippen LogP contribution in [0.1, 0.15) is 41.7 Å². The van der Waals surface area contributed by atoms with Gasteiger partial charge in [0.05, 0.1) is 0 Å². The molecule has 0 N–H and O–H groups in total. The summed E-state index contributed by atoms with van der Waals surface area (Å²) in [5.41, 5.74) is 14.9. The summed E-state index contributed by atoms with van der Waals surface area (Å²) in [5.74, 6) is 0. The van der Waals surface area contributed by atoms with E-state index in [2.05, 4.69) is 128 Å². The third-order valence-electron chi connectivity index (χ3n) is 7.61. The van der Waals surface area contributed by atoms with Crippen LogP contribution < -0.4 is 21.3 Å². The van der Waals surface area contributed by atoms with Gasteiger partial charge >= 0.3 is 0 Å². The van der Waals surface area contributed by atoms with E-state index in [9.17, 15) is 0 Å². The normalized spacial score (nSPS) is 15.1. The average molecular weight is 492 g/mol. The molecule has 0 saturated carbocycles. The van der Waals surface area contributed by atoms with Crippen LogP contribution in [0.3, 0.4) is 0 Å². The van der Waals surface area contributed by atoms with Crippen molar-refractivity contribution in [3.63, 3.8) is 0 Å². The molecule has 2 heterocycles. The van der Waals surface area contributed by atoms with Crippen LogP contribution in [-0.4, -0.2) is 6.71 Å². The lowest BCUT2D eigenvalue weighted by molar-refractivity contribution is 0.640. The average Bonchev–Trinajstić information content (AvgIpc) is 2.78. The van der Waals surface area contributed by atoms with Gasteiger partial charge in [0, 0.05) is 26.9 Å². The first kappa shape index (κ1) is 20.8. The molecule has 3 heteroatoms. The SMILES string of the molecule is Cc1ccc(N2c3ccc(C)cc3B3c4ccc(Br)cc4C(C)(C)c4c(C)ccc2c43)cc1. The molecule has 4 aromatic carbocycles. The van der Waals surface area contributed by atoms with E-state index in [-0.39, 0.29) is 12.1 Å². The van der Waals surface area contributed by atoms with Crippen LogP contribution in [0.4, 0.5) is 17.1 Å². The zero-order valence-corrected chi connectivity index (χ0v) is 21.4. The van der Waals surface area contributed by atoms with Gasteiger partial charge in [0.1, 0.15) is 0 Å². The summed E-state index contributed by atoms with van der Waals surface area (Å²) in [4.78, 5) is 2.48. The minimum absolute atomic E-state index is 0.0781. The second kappa shape index (κ2) is 7.11. The molecule has 33 heavy (non-hydrogen) atoms. The summed E-state index contributed by atoms with van der Waals surface area (Å²) in [6.07, 6.45) is 0. The standard InChI is InChI=1S/C30H27BBrN/c1-18-6-11-22(12-7-18)33-26-14-8-19(2)16-25(26)31-24-13-10-21(32)17-23(24)30(4,5)28-20(3)9-15-27(33)29(28)31/h6-17H,1-5H3. The Hall–Kier alpha value is -2.78. The lowest BCUT2D eigenvalue weighted by atomic mass is 9.30. The fourth-order valence-corrected chi connectivity index (χ4v) is 6.54. The molecule has 0 aromatic heterocycles. The third-order valence-corrected chi connectivity index (χ3v) is 8.11. The Labute approximate surface area is 205 Å². The van der Waals surface area contributed by atoms with Crippen molar-refractivity contribution in [2.45, 2.75) is 40.0 Å². The monoisotopic (exact) mass is 491 g/mol. The number of halogens is 1. The lowest BCUT2D eigenvalue weighted by Crippen LogP contribution is -2.64. The summed E-state index contributed by atoms with van der Waals surface area (Å²) in [5, 5.41) is 0. The van der Waals surface area contributed by atoms with Crippen LogP contribution in [-0.2, 0) is 5.41 Å². The first-order valence-corrected chi connectivity index (χ1v) is 12.5. The van der Waals surface area contributed by atoms with Crippen LogP contribution in [0.5, 0.6) is 0 Å². The first-order valence-electron chi connectivity index (χ1n) is 11.7. The van der Waals surface area contributed by atoms with Gasteiger partial charge in [0.2, 0.25) is 6.71 Å². The Balaban J connectivity index is 1.75. The molecule has 2 aliphatic rings. The fraction of sp³-hybridized carbons (Fsp3) is 0.200. The van der Waals surface area contributed by atoms with E-state index in [1.165, 1.54) is 61.3 Å². The molecule has 1 nitrogen and oxygen atoms in total. The van der Waals surface area contributed by atoms with Crippen LogP contribution in [0.15, 0.2) is 77.3 Å². The van der Waals surface area contributed by atoms with Crippen molar-refractivity contribution in [2.75, 3.05) is 4.90 Å². The summed E-state index contributed by atoms with van der Waals surface area (Å²) in [6, 6.07) is 27.4. The van der Waals surface area contributed by atoms with Crippen molar-refractivity contribution in [1.82, 2.24) is 0 Å². The Morgan fingerprint density at radius 3 is 2.18 bits per heavy atom. The molecule has 0 radical (unpaired) electrons. The zero-order chi connectivity index (χ0) is 23.1. The number of anilines is 3. The number of nitrogens with zero attached hydrogens (tertiary/aromatic N) is 1. The van der Waals surface area contributed by atoms with Crippen molar-refractivity contribution < 1.29 is 0 Å². The van der Waals surface area contributed by atoms with Crippen LogP contribution in [0, 0.1) is 20.8 Å². The predicted molar refractivity (Wildman–Crippen MR) is 146 cm³/mol. The maximum atomic E-state index is 3.75. The highest BCUT2D eigenvalue weighted by molar-refractivity contribution is 9.10. The molecule has 0 aliphatic carbocycles. The van der Waals surface area contributed by atoms with Crippen molar-refractivity contribution in [3.8, 4) is 0 Å². The van der Waals surface area contributed by atoms with Crippen molar-refractivity contribution in [2.24, 2.45) is 0 Å². The van der Waals surface area contributed by atoms with E-state index < -0.39 is 0 Å². The van der Waals surface area contributed by atoms with Crippen molar-refractivity contribution in [1.29, 1.82) is 0 Å². The molecule has 0 saturated heterocycles. The van der Waals surface area contributed by atoms with Gasteiger partial charge in [0.15, 0.2) is 0 Å². The highest BCUT2D eigenvalue weighted by atomic mass is 79.9. The van der Waals surface area contributed by atoms with E-state index in [0.717, 1.165) is 4.47 Å². The predicted octanol–water partition coefficient (Wildman–Crippen LogP) is 6.31. The Morgan fingerprint density at radius 1 is 0.727 bits per heavy atom. The molecule has 0 unspecified atom stereocenters. The lowest BCUT2D eigenvalue weighted by Gasteiger charge is -2.46. The Bertz CT molecular complexity index is 1430. The topological polar surface area (TPSA) is 3.24 Å². The van der Waals surface area contributed by atoms with Crippen molar-refractivity contribution in [3.05, 3.63) is 105 Å². The number of benzene rings is 4. The molecule has 0 amide bonds. The minimum Gasteiger partial charge on any atom is -0.312 e. The molecule has 0 atom stereocenters. The highest BCUT2D eigenvalue weighted by Gasteiger charge is 2.46. The van der Waals surface area contributed by atoms with E-state index >= 15 is 0 Å². The van der Waals surface area contributed by atoms with Gasteiger partial charge in [-0.25, -0.2) is 0 Å². The van der Waals surface area contributed by atoms with Crippen LogP contribution >= 0.6 is 15.9 Å². The highest BCUT2D eigenvalue weighted by Crippen LogP contribution is 2.43. The van der Waals surface area contributed by atoms with E-state index in [4.69, 9.17) is 0 Å². The van der Waals surface area contributed by atoms with Gasteiger partial charge in [-0.15, -0.1) is 0 Å². The van der Waals surface area contributed by atoms with E-state index in [0.29, 0.717) is 0 Å². The maximum Gasteiger partial charge on any atom is 0.247 e. The maximum absolute atomic E-state index is 3.75.